The third kappa shape index (κ3) is 3.73. The molecule has 0 aliphatic rings. The average molecular weight is 130 g/mol. The van der Waals surface area contributed by atoms with E-state index in [1.54, 1.807) is 6.92 Å². The highest BCUT2D eigenvalue weighted by Crippen LogP contribution is 1.89. The zero-order valence-electron chi connectivity index (χ0n) is 5.55. The van der Waals surface area contributed by atoms with Gasteiger partial charge in [0.05, 0.1) is 13.7 Å². The fourth-order valence-corrected chi connectivity index (χ4v) is 0.306. The Morgan fingerprint density at radius 3 is 2.67 bits per heavy atom. The van der Waals surface area contributed by atoms with Crippen molar-refractivity contribution in [2.45, 2.75) is 6.92 Å². The van der Waals surface area contributed by atoms with Crippen molar-refractivity contribution >= 4 is 5.97 Å². The number of carbonyl (C=O) groups is 1. The third-order valence-electron chi connectivity index (χ3n) is 0.815. The molecule has 0 spiro atoms. The molecule has 0 atom stereocenters. The van der Waals surface area contributed by atoms with Gasteiger partial charge in [0.15, 0.2) is 0 Å². The van der Waals surface area contributed by atoms with E-state index in [2.05, 4.69) is 4.74 Å². The molecule has 0 fully saturated rings. The summed E-state index contributed by atoms with van der Waals surface area (Å²) in [6, 6.07) is 0. The molecule has 52 valence electrons. The van der Waals surface area contributed by atoms with Crippen molar-refractivity contribution in [1.82, 2.24) is 0 Å². The van der Waals surface area contributed by atoms with Crippen LogP contribution in [0.5, 0.6) is 0 Å². The number of esters is 1. The van der Waals surface area contributed by atoms with Gasteiger partial charge >= 0.3 is 5.97 Å². The van der Waals surface area contributed by atoms with E-state index in [1.807, 2.05) is 0 Å². The lowest BCUT2D eigenvalue weighted by molar-refractivity contribution is -0.134. The molecule has 0 saturated heterocycles. The molecule has 0 heterocycles. The summed E-state index contributed by atoms with van der Waals surface area (Å²) < 4.78 is 4.30. The molecule has 0 aromatic heterocycles. The molecule has 0 unspecified atom stereocenters. The molecule has 3 nitrogen and oxygen atoms in total. The Balaban J connectivity index is 3.79. The van der Waals surface area contributed by atoms with Crippen molar-refractivity contribution in [2.75, 3.05) is 13.7 Å². The van der Waals surface area contributed by atoms with Crippen molar-refractivity contribution in [3.8, 4) is 0 Å². The number of aliphatic hydroxyl groups excluding tert-OH is 1. The van der Waals surface area contributed by atoms with E-state index in [4.69, 9.17) is 5.11 Å². The van der Waals surface area contributed by atoms with E-state index < -0.39 is 5.97 Å². The summed E-state index contributed by atoms with van der Waals surface area (Å²) in [4.78, 5) is 10.4. The second-order valence-electron chi connectivity index (χ2n) is 1.67. The number of ether oxygens (including phenoxy) is 1. The van der Waals surface area contributed by atoms with E-state index in [1.165, 1.54) is 13.2 Å². The van der Waals surface area contributed by atoms with Gasteiger partial charge < -0.3 is 9.84 Å². The van der Waals surface area contributed by atoms with E-state index in [0.29, 0.717) is 5.57 Å². The average Bonchev–Trinajstić information content (AvgIpc) is 1.87. The van der Waals surface area contributed by atoms with Gasteiger partial charge in [-0.3, -0.25) is 0 Å². The molecule has 0 radical (unpaired) electrons. The van der Waals surface area contributed by atoms with Crippen molar-refractivity contribution in [2.24, 2.45) is 0 Å². The van der Waals surface area contributed by atoms with Gasteiger partial charge in [-0.05, 0) is 12.5 Å². The standard InChI is InChI=1S/C6H10O3/c1-5(4-7)3-6(8)9-2/h3,7H,4H2,1-2H3/b5-3+. The van der Waals surface area contributed by atoms with Crippen molar-refractivity contribution in [3.63, 3.8) is 0 Å². The molecule has 0 aromatic carbocycles. The van der Waals surface area contributed by atoms with Gasteiger partial charge in [0.25, 0.3) is 0 Å². The highest BCUT2D eigenvalue weighted by Gasteiger charge is 1.92. The Morgan fingerprint density at radius 1 is 1.78 bits per heavy atom. The Kier molecular flexibility index (Phi) is 3.71. The van der Waals surface area contributed by atoms with Crippen LogP contribution in [0, 0.1) is 0 Å². The summed E-state index contributed by atoms with van der Waals surface area (Å²) in [5.41, 5.74) is 0.599. The Morgan fingerprint density at radius 2 is 2.33 bits per heavy atom. The number of rotatable bonds is 2. The lowest BCUT2D eigenvalue weighted by Gasteiger charge is -1.92. The van der Waals surface area contributed by atoms with Crippen LogP contribution in [0.1, 0.15) is 6.92 Å². The maximum atomic E-state index is 10.4. The quantitative estimate of drug-likeness (QED) is 0.426. The molecule has 0 saturated carbocycles. The van der Waals surface area contributed by atoms with Crippen LogP contribution in [0.4, 0.5) is 0 Å². The fraction of sp³-hybridized carbons (Fsp3) is 0.500. The van der Waals surface area contributed by atoms with Gasteiger partial charge in [-0.15, -0.1) is 0 Å². The van der Waals surface area contributed by atoms with Crippen LogP contribution >= 0.6 is 0 Å². The minimum Gasteiger partial charge on any atom is -0.466 e. The monoisotopic (exact) mass is 130 g/mol. The number of hydrogen-bond donors (Lipinski definition) is 1. The minimum absolute atomic E-state index is 0.102. The first-order valence-corrected chi connectivity index (χ1v) is 2.56. The van der Waals surface area contributed by atoms with E-state index >= 15 is 0 Å². The van der Waals surface area contributed by atoms with Gasteiger partial charge in [-0.25, -0.2) is 4.79 Å². The topological polar surface area (TPSA) is 46.5 Å². The lowest BCUT2D eigenvalue weighted by Crippen LogP contribution is -1.97. The summed E-state index contributed by atoms with van der Waals surface area (Å²) in [7, 11) is 1.30. The molecular formula is C6H10O3. The maximum Gasteiger partial charge on any atom is 0.330 e. The van der Waals surface area contributed by atoms with E-state index in [0.717, 1.165) is 0 Å². The molecule has 0 aliphatic heterocycles. The van der Waals surface area contributed by atoms with Gasteiger partial charge in [-0.1, -0.05) is 0 Å². The summed E-state index contributed by atoms with van der Waals surface area (Å²) in [6.45, 7) is 1.55. The zero-order valence-corrected chi connectivity index (χ0v) is 5.55. The SMILES string of the molecule is COC(=O)/C=C(\C)CO. The zero-order chi connectivity index (χ0) is 7.28. The normalized spacial score (nSPS) is 11.2. The number of methoxy groups -OCH3 is 1. The molecule has 9 heavy (non-hydrogen) atoms. The van der Waals surface area contributed by atoms with E-state index in [-0.39, 0.29) is 6.61 Å². The molecule has 0 amide bonds. The van der Waals surface area contributed by atoms with E-state index in [9.17, 15) is 4.79 Å². The molecule has 1 N–H and O–H groups in total. The smallest absolute Gasteiger partial charge is 0.330 e. The van der Waals surface area contributed by atoms with Crippen molar-refractivity contribution in [1.29, 1.82) is 0 Å². The highest BCUT2D eigenvalue weighted by atomic mass is 16.5. The van der Waals surface area contributed by atoms with Gasteiger partial charge in [0, 0.05) is 6.08 Å². The lowest BCUT2D eigenvalue weighted by atomic mass is 10.3. The Hall–Kier alpha value is -0.830. The van der Waals surface area contributed by atoms with Gasteiger partial charge in [0.2, 0.25) is 0 Å². The number of carbonyl (C=O) groups excluding carboxylic acids is 1. The van der Waals surface area contributed by atoms with Crippen LogP contribution in [-0.4, -0.2) is 24.8 Å². The fourth-order valence-electron chi connectivity index (χ4n) is 0.306. The molecule has 0 rings (SSSR count). The molecular weight excluding hydrogens is 120 g/mol. The first-order chi connectivity index (χ1) is 4.20. The molecule has 0 aromatic rings. The third-order valence-corrected chi connectivity index (χ3v) is 0.815. The largest absolute Gasteiger partial charge is 0.466 e. The predicted molar refractivity (Wildman–Crippen MR) is 32.9 cm³/mol. The van der Waals surface area contributed by atoms with Crippen LogP contribution in [-0.2, 0) is 9.53 Å². The molecule has 0 bridgehead atoms. The van der Waals surface area contributed by atoms with Gasteiger partial charge in [0.1, 0.15) is 0 Å². The first kappa shape index (κ1) is 8.17. The van der Waals surface area contributed by atoms with Crippen molar-refractivity contribution < 1.29 is 14.6 Å². The second-order valence-corrected chi connectivity index (χ2v) is 1.67. The summed E-state index contributed by atoms with van der Waals surface area (Å²) >= 11 is 0. The molecule has 3 heteroatoms. The Bertz CT molecular complexity index is 126. The van der Waals surface area contributed by atoms with Crippen LogP contribution in [0.15, 0.2) is 11.6 Å². The molecule has 0 aliphatic carbocycles. The van der Waals surface area contributed by atoms with Crippen LogP contribution in [0.25, 0.3) is 0 Å². The van der Waals surface area contributed by atoms with Crippen LogP contribution < -0.4 is 0 Å². The first-order valence-electron chi connectivity index (χ1n) is 2.56. The summed E-state index contributed by atoms with van der Waals surface area (Å²) in [6.07, 6.45) is 1.25. The number of hydrogen-bond acceptors (Lipinski definition) is 3. The second kappa shape index (κ2) is 4.09. The summed E-state index contributed by atoms with van der Waals surface area (Å²) in [5.74, 6) is -0.429. The minimum atomic E-state index is -0.429. The predicted octanol–water partition coefficient (Wildman–Crippen LogP) is 0.0980. The highest BCUT2D eigenvalue weighted by molar-refractivity contribution is 5.82. The van der Waals surface area contributed by atoms with Gasteiger partial charge in [-0.2, -0.15) is 0 Å². The number of aliphatic hydroxyl groups is 1. The maximum absolute atomic E-state index is 10.4. The van der Waals surface area contributed by atoms with Crippen LogP contribution in [0.3, 0.4) is 0 Å². The summed E-state index contributed by atoms with van der Waals surface area (Å²) in [5, 5.41) is 8.40. The Labute approximate surface area is 53.9 Å². The van der Waals surface area contributed by atoms with Crippen LogP contribution in [0.2, 0.25) is 0 Å². The van der Waals surface area contributed by atoms with Crippen molar-refractivity contribution in [3.05, 3.63) is 11.6 Å².